The molecule has 0 N–H and O–H groups in total. The van der Waals surface area contributed by atoms with Gasteiger partial charge in [-0.25, -0.2) is 4.98 Å². The molecule has 10 heteroatoms. The Morgan fingerprint density at radius 3 is 2.38 bits per heavy atom. The molecule has 1 atom stereocenters. The van der Waals surface area contributed by atoms with Crippen LogP contribution < -0.4 is 14.5 Å². The van der Waals surface area contributed by atoms with Gasteiger partial charge in [0.05, 0.1) is 35.3 Å². The average molecular weight is 520 g/mol. The molecule has 0 aliphatic carbocycles. The van der Waals surface area contributed by atoms with E-state index in [1.807, 2.05) is 74.3 Å². The summed E-state index contributed by atoms with van der Waals surface area (Å²) in [7, 11) is 7.21. The van der Waals surface area contributed by atoms with E-state index in [1.165, 1.54) is 0 Å². The molecule has 1 unspecified atom stereocenters. The van der Waals surface area contributed by atoms with Gasteiger partial charge < -0.3 is 14.2 Å². The first-order valence-electron chi connectivity index (χ1n) is 12.1. The highest BCUT2D eigenvalue weighted by Crippen LogP contribution is 2.47. The molecule has 9 nitrogen and oxygen atoms in total. The number of halogens is 1. The molecule has 0 fully saturated rings. The summed E-state index contributed by atoms with van der Waals surface area (Å²) in [6.07, 6.45) is 1.76. The van der Waals surface area contributed by atoms with Crippen LogP contribution in [0.5, 0.6) is 5.88 Å². The Hall–Kier alpha value is -3.85. The van der Waals surface area contributed by atoms with Crippen molar-refractivity contribution in [2.75, 3.05) is 31.0 Å². The monoisotopic (exact) mass is 519 g/mol. The second kappa shape index (κ2) is 9.23. The third-order valence-electron chi connectivity index (χ3n) is 6.58. The Bertz CT molecular complexity index is 1490. The van der Waals surface area contributed by atoms with Crippen molar-refractivity contribution in [1.29, 1.82) is 0 Å². The normalized spacial score (nSPS) is 15.0. The largest absolute Gasteiger partial charge is 0.480 e. The second-order valence-corrected chi connectivity index (χ2v) is 10.1. The maximum atomic E-state index is 14.1. The molecule has 3 aromatic heterocycles. The molecule has 4 heterocycles. The van der Waals surface area contributed by atoms with E-state index in [2.05, 4.69) is 33.5 Å². The van der Waals surface area contributed by atoms with Crippen LogP contribution in [-0.4, -0.2) is 51.4 Å². The zero-order chi connectivity index (χ0) is 26.6. The Labute approximate surface area is 221 Å². The van der Waals surface area contributed by atoms with Crippen LogP contribution in [0.3, 0.4) is 0 Å². The number of hydrogen-bond acceptors (Lipinski definition) is 6. The average Bonchev–Trinajstić information content (AvgIpc) is 3.49. The number of ether oxygens (including phenoxy) is 1. The molecule has 5 rings (SSSR count). The number of amides is 1. The van der Waals surface area contributed by atoms with Gasteiger partial charge >= 0.3 is 0 Å². The summed E-state index contributed by atoms with van der Waals surface area (Å²) in [5.41, 5.74) is 4.87. The summed E-state index contributed by atoms with van der Waals surface area (Å²) in [4.78, 5) is 26.9. The van der Waals surface area contributed by atoms with Gasteiger partial charge in [-0.2, -0.15) is 10.1 Å². The summed E-state index contributed by atoms with van der Waals surface area (Å²) < 4.78 is 9.61. The van der Waals surface area contributed by atoms with Gasteiger partial charge in [0.1, 0.15) is 11.9 Å². The lowest BCUT2D eigenvalue weighted by Gasteiger charge is -2.29. The first-order valence-corrected chi connectivity index (χ1v) is 12.4. The number of benzene rings is 1. The Morgan fingerprint density at radius 1 is 1.11 bits per heavy atom. The van der Waals surface area contributed by atoms with Gasteiger partial charge in [-0.05, 0) is 44.5 Å². The number of methoxy groups -OCH3 is 1. The van der Waals surface area contributed by atoms with Crippen molar-refractivity contribution in [2.24, 2.45) is 7.05 Å². The number of aromatic nitrogens is 5. The van der Waals surface area contributed by atoms with Crippen molar-refractivity contribution in [1.82, 2.24) is 24.3 Å². The van der Waals surface area contributed by atoms with E-state index in [1.54, 1.807) is 18.0 Å². The summed E-state index contributed by atoms with van der Waals surface area (Å²) in [5, 5.41) is 5.14. The smallest absolute Gasteiger partial charge is 0.262 e. The molecule has 0 bridgehead atoms. The third kappa shape index (κ3) is 4.03. The van der Waals surface area contributed by atoms with E-state index in [0.717, 1.165) is 34.0 Å². The fourth-order valence-corrected chi connectivity index (χ4v) is 5.16. The van der Waals surface area contributed by atoms with E-state index < -0.39 is 0 Å². The van der Waals surface area contributed by atoms with E-state index >= 15 is 0 Å². The van der Waals surface area contributed by atoms with Crippen molar-refractivity contribution in [2.45, 2.75) is 32.9 Å². The van der Waals surface area contributed by atoms with Gasteiger partial charge in [0.15, 0.2) is 0 Å². The van der Waals surface area contributed by atoms with Gasteiger partial charge in [0.25, 0.3) is 5.91 Å². The van der Waals surface area contributed by atoms with Gasteiger partial charge in [-0.15, -0.1) is 0 Å². The summed E-state index contributed by atoms with van der Waals surface area (Å²) in [6, 6.07) is 11.2. The minimum atomic E-state index is -0.376. The maximum absolute atomic E-state index is 14.1. The molecule has 1 aliphatic heterocycles. The first kappa shape index (κ1) is 24.8. The predicted octanol–water partition coefficient (Wildman–Crippen LogP) is 5.05. The Morgan fingerprint density at radius 2 is 1.81 bits per heavy atom. The highest BCUT2D eigenvalue weighted by Gasteiger charge is 2.44. The summed E-state index contributed by atoms with van der Waals surface area (Å²) >= 11 is 6.23. The van der Waals surface area contributed by atoms with Crippen LogP contribution in [0.4, 0.5) is 11.8 Å². The lowest BCUT2D eigenvalue weighted by atomic mass is 10.0. The maximum Gasteiger partial charge on any atom is 0.262 e. The number of rotatable bonds is 6. The van der Waals surface area contributed by atoms with E-state index in [9.17, 15) is 4.79 Å². The zero-order valence-electron chi connectivity index (χ0n) is 22.0. The fraction of sp³-hybridized carbons (Fsp3) is 0.333. The molecule has 1 aromatic carbocycles. The molecule has 37 heavy (non-hydrogen) atoms. The highest BCUT2D eigenvalue weighted by molar-refractivity contribution is 6.30. The number of anilines is 2. The van der Waals surface area contributed by atoms with Gasteiger partial charge in [-0.3, -0.25) is 14.4 Å². The van der Waals surface area contributed by atoms with Crippen molar-refractivity contribution in [3.63, 3.8) is 0 Å². The first-order chi connectivity index (χ1) is 17.6. The molecule has 4 aromatic rings. The van der Waals surface area contributed by atoms with Crippen molar-refractivity contribution in [3.8, 4) is 17.1 Å². The van der Waals surface area contributed by atoms with Crippen LogP contribution in [-0.2, 0) is 7.05 Å². The van der Waals surface area contributed by atoms with Gasteiger partial charge in [-0.1, -0.05) is 23.7 Å². The molecule has 1 amide bonds. The van der Waals surface area contributed by atoms with E-state index in [0.29, 0.717) is 22.4 Å². The zero-order valence-corrected chi connectivity index (χ0v) is 22.8. The summed E-state index contributed by atoms with van der Waals surface area (Å²) in [5.74, 6) is 1.63. The van der Waals surface area contributed by atoms with Crippen LogP contribution in [0.25, 0.3) is 11.3 Å². The molecule has 0 saturated heterocycles. The number of fused-ring (bicyclic) bond motifs is 1. The lowest BCUT2D eigenvalue weighted by Crippen LogP contribution is -2.31. The number of carbonyl (C=O) groups excluding carboxylic acids is 1. The van der Waals surface area contributed by atoms with Gasteiger partial charge in [0, 0.05) is 44.5 Å². The van der Waals surface area contributed by atoms with E-state index in [-0.39, 0.29) is 18.0 Å². The van der Waals surface area contributed by atoms with Gasteiger partial charge in [0.2, 0.25) is 11.8 Å². The number of aryl methyl sites for hydroxylation is 2. The van der Waals surface area contributed by atoms with E-state index in [4.69, 9.17) is 16.3 Å². The molecular formula is C27H30ClN7O2. The van der Waals surface area contributed by atoms with Crippen molar-refractivity contribution >= 4 is 29.3 Å². The molecule has 0 spiro atoms. The molecule has 0 radical (unpaired) electrons. The van der Waals surface area contributed by atoms with Crippen LogP contribution >= 0.6 is 11.6 Å². The Kier molecular flexibility index (Phi) is 6.19. The standard InChI is InChI=1S/C27H30ClN7O2/c1-15(2)34-21(20-14-29-27(32(4)5)30-25(20)37-7)13-19-24(34)23(17-8-10-18(28)11-9-17)35(26(19)36)22-12-16(3)31-33(22)6/h8-15,23H,1-7H3. The van der Waals surface area contributed by atoms with Crippen LogP contribution in [0, 0.1) is 6.92 Å². The highest BCUT2D eigenvalue weighted by atomic mass is 35.5. The topological polar surface area (TPSA) is 81.3 Å². The second-order valence-electron chi connectivity index (χ2n) is 9.68. The Balaban J connectivity index is 1.77. The molecule has 1 aliphatic rings. The van der Waals surface area contributed by atoms with Crippen molar-refractivity contribution < 1.29 is 9.53 Å². The third-order valence-corrected chi connectivity index (χ3v) is 6.83. The SMILES string of the molecule is COc1nc(N(C)C)ncc1-c1cc2c(n1C(C)C)C(c1ccc(Cl)cc1)N(c1cc(C)nn1C)C2=O. The van der Waals surface area contributed by atoms with Crippen LogP contribution in [0.15, 0.2) is 42.6 Å². The number of carbonyl (C=O) groups is 1. The lowest BCUT2D eigenvalue weighted by molar-refractivity contribution is 0.0992. The molecular weight excluding hydrogens is 490 g/mol. The molecule has 192 valence electrons. The minimum absolute atomic E-state index is 0.0350. The predicted molar refractivity (Wildman–Crippen MR) is 145 cm³/mol. The minimum Gasteiger partial charge on any atom is -0.480 e. The van der Waals surface area contributed by atoms with Crippen LogP contribution in [0.1, 0.15) is 53.2 Å². The fourth-order valence-electron chi connectivity index (χ4n) is 5.04. The molecule has 0 saturated carbocycles. The quantitative estimate of drug-likeness (QED) is 0.355. The number of hydrogen-bond donors (Lipinski definition) is 0. The van der Waals surface area contributed by atoms with Crippen LogP contribution in [0.2, 0.25) is 5.02 Å². The summed E-state index contributed by atoms with van der Waals surface area (Å²) in [6.45, 7) is 6.13. The number of nitrogens with zero attached hydrogens (tertiary/aromatic N) is 7. The van der Waals surface area contributed by atoms with Crippen molar-refractivity contribution in [3.05, 3.63) is 70.1 Å².